The molecule has 0 atom stereocenters. The molecule has 0 amide bonds. The van der Waals surface area contributed by atoms with Crippen LogP contribution in [0.3, 0.4) is 0 Å². The highest BCUT2D eigenvalue weighted by molar-refractivity contribution is 9.10. The Kier molecular flexibility index (Phi) is 3.56. The number of aromatic amines is 1. The SMILES string of the molecule is O=c1[nH]c(-c2ccc(Cl)c(Br)c2)nc(O)c1Br. The van der Waals surface area contributed by atoms with Crippen molar-refractivity contribution in [2.24, 2.45) is 0 Å². The van der Waals surface area contributed by atoms with Crippen molar-refractivity contribution in [3.05, 3.63) is 42.5 Å². The number of hydrogen-bond acceptors (Lipinski definition) is 3. The molecule has 4 nitrogen and oxygen atoms in total. The number of aromatic hydroxyl groups is 1. The van der Waals surface area contributed by atoms with Gasteiger partial charge >= 0.3 is 0 Å². The van der Waals surface area contributed by atoms with Crippen molar-refractivity contribution in [2.75, 3.05) is 0 Å². The van der Waals surface area contributed by atoms with Crippen molar-refractivity contribution in [1.82, 2.24) is 9.97 Å². The van der Waals surface area contributed by atoms with Gasteiger partial charge in [0.15, 0.2) is 0 Å². The van der Waals surface area contributed by atoms with Gasteiger partial charge in [-0.05, 0) is 50.1 Å². The van der Waals surface area contributed by atoms with E-state index >= 15 is 0 Å². The Bertz CT molecular complexity index is 643. The average Bonchev–Trinajstić information content (AvgIpc) is 2.29. The zero-order valence-electron chi connectivity index (χ0n) is 8.17. The minimum absolute atomic E-state index is 0.00859. The van der Waals surface area contributed by atoms with Gasteiger partial charge in [0.1, 0.15) is 10.3 Å². The van der Waals surface area contributed by atoms with Crippen molar-refractivity contribution >= 4 is 43.5 Å². The predicted octanol–water partition coefficient (Wildman–Crippen LogP) is 3.32. The molecule has 1 aromatic heterocycles. The van der Waals surface area contributed by atoms with E-state index in [1.807, 2.05) is 0 Å². The molecule has 0 spiro atoms. The molecule has 2 rings (SSSR count). The Morgan fingerprint density at radius 1 is 1.35 bits per heavy atom. The van der Waals surface area contributed by atoms with Crippen LogP contribution in [0.4, 0.5) is 0 Å². The first-order valence-electron chi connectivity index (χ1n) is 4.43. The molecular weight excluding hydrogens is 375 g/mol. The minimum Gasteiger partial charge on any atom is -0.492 e. The standard InChI is InChI=1S/C10H5Br2ClN2O2/c11-5-3-4(1-2-6(5)13)8-14-9(16)7(12)10(17)15-8/h1-3H,(H2,14,15,16,17). The third-order valence-corrected chi connectivity index (χ3v) is 3.97. The Labute approximate surface area is 118 Å². The van der Waals surface area contributed by atoms with Crippen LogP contribution in [0.5, 0.6) is 5.88 Å². The molecule has 0 saturated heterocycles. The molecule has 0 aliphatic rings. The molecule has 1 aromatic carbocycles. The van der Waals surface area contributed by atoms with Gasteiger partial charge in [-0.25, -0.2) is 0 Å². The molecule has 0 aliphatic heterocycles. The largest absolute Gasteiger partial charge is 0.492 e. The first-order chi connectivity index (χ1) is 7.99. The zero-order valence-corrected chi connectivity index (χ0v) is 12.1. The number of rotatable bonds is 1. The lowest BCUT2D eigenvalue weighted by Gasteiger charge is -2.04. The lowest BCUT2D eigenvalue weighted by Crippen LogP contribution is -2.09. The molecule has 0 fully saturated rings. The van der Waals surface area contributed by atoms with Gasteiger partial charge < -0.3 is 10.1 Å². The molecule has 2 N–H and O–H groups in total. The highest BCUT2D eigenvalue weighted by Gasteiger charge is 2.10. The molecule has 2 aromatic rings. The summed E-state index contributed by atoms with van der Waals surface area (Å²) in [6, 6.07) is 5.06. The van der Waals surface area contributed by atoms with Crippen molar-refractivity contribution in [3.8, 4) is 17.3 Å². The Balaban J connectivity index is 2.61. The van der Waals surface area contributed by atoms with E-state index in [-0.39, 0.29) is 16.2 Å². The summed E-state index contributed by atoms with van der Waals surface area (Å²) in [5, 5.41) is 10.0. The molecule has 0 bridgehead atoms. The quantitative estimate of drug-likeness (QED) is 0.798. The van der Waals surface area contributed by atoms with Gasteiger partial charge in [-0.2, -0.15) is 4.98 Å². The van der Waals surface area contributed by atoms with Crippen molar-refractivity contribution < 1.29 is 5.11 Å². The second-order valence-electron chi connectivity index (χ2n) is 3.18. The summed E-state index contributed by atoms with van der Waals surface area (Å²) in [7, 11) is 0. The lowest BCUT2D eigenvalue weighted by molar-refractivity contribution is 0.448. The maximum Gasteiger partial charge on any atom is 0.269 e. The summed E-state index contributed by atoms with van der Waals surface area (Å²) in [5.74, 6) is -0.0807. The minimum atomic E-state index is -0.446. The van der Waals surface area contributed by atoms with E-state index in [1.165, 1.54) is 0 Å². The van der Waals surface area contributed by atoms with E-state index in [4.69, 9.17) is 11.6 Å². The molecular formula is C10H5Br2ClN2O2. The fourth-order valence-corrected chi connectivity index (χ4v) is 1.91. The van der Waals surface area contributed by atoms with Crippen LogP contribution in [0.15, 0.2) is 31.9 Å². The van der Waals surface area contributed by atoms with E-state index in [0.717, 1.165) is 0 Å². The molecule has 0 unspecified atom stereocenters. The third kappa shape index (κ3) is 2.53. The van der Waals surface area contributed by atoms with Gasteiger partial charge in [0.05, 0.1) is 5.02 Å². The molecule has 1 heterocycles. The van der Waals surface area contributed by atoms with E-state index in [9.17, 15) is 9.90 Å². The van der Waals surface area contributed by atoms with Crippen LogP contribution in [0, 0.1) is 0 Å². The summed E-state index contributed by atoms with van der Waals surface area (Å²) in [6.07, 6.45) is 0. The monoisotopic (exact) mass is 378 g/mol. The third-order valence-electron chi connectivity index (χ3n) is 2.04. The number of nitrogens with zero attached hydrogens (tertiary/aromatic N) is 1. The number of halogens is 3. The molecule has 88 valence electrons. The fourth-order valence-electron chi connectivity index (χ4n) is 1.23. The number of H-pyrrole nitrogens is 1. The van der Waals surface area contributed by atoms with Crippen LogP contribution in [0.2, 0.25) is 5.02 Å². The normalized spacial score (nSPS) is 10.5. The number of hydrogen-bond donors (Lipinski definition) is 2. The summed E-state index contributed by atoms with van der Waals surface area (Å²) in [5.41, 5.74) is 0.194. The van der Waals surface area contributed by atoms with Gasteiger partial charge in [0.2, 0.25) is 5.88 Å². The fraction of sp³-hybridized carbons (Fsp3) is 0. The van der Waals surface area contributed by atoms with Crippen molar-refractivity contribution in [3.63, 3.8) is 0 Å². The van der Waals surface area contributed by atoms with Gasteiger partial charge in [0.25, 0.3) is 5.56 Å². The summed E-state index contributed by atoms with van der Waals surface area (Å²) >= 11 is 12.1. The van der Waals surface area contributed by atoms with Gasteiger partial charge in [-0.1, -0.05) is 11.6 Å². The Hall–Kier alpha value is -0.850. The highest BCUT2D eigenvalue weighted by Crippen LogP contribution is 2.28. The molecule has 0 saturated carbocycles. The second-order valence-corrected chi connectivity index (χ2v) is 5.24. The highest BCUT2D eigenvalue weighted by atomic mass is 79.9. The van der Waals surface area contributed by atoms with Crippen LogP contribution in [0.1, 0.15) is 0 Å². The average molecular weight is 380 g/mol. The van der Waals surface area contributed by atoms with E-state index in [0.29, 0.717) is 15.1 Å². The Morgan fingerprint density at radius 3 is 2.65 bits per heavy atom. The first kappa shape index (κ1) is 12.6. The predicted molar refractivity (Wildman–Crippen MR) is 72.4 cm³/mol. The smallest absolute Gasteiger partial charge is 0.269 e. The molecule has 17 heavy (non-hydrogen) atoms. The molecule has 0 aliphatic carbocycles. The van der Waals surface area contributed by atoms with Crippen LogP contribution in [-0.2, 0) is 0 Å². The first-order valence-corrected chi connectivity index (χ1v) is 6.39. The summed E-state index contributed by atoms with van der Waals surface area (Å²) < 4.78 is 0.691. The van der Waals surface area contributed by atoms with Crippen LogP contribution < -0.4 is 5.56 Å². The number of nitrogens with one attached hydrogen (secondary N) is 1. The van der Waals surface area contributed by atoms with Crippen LogP contribution in [-0.4, -0.2) is 15.1 Å². The van der Waals surface area contributed by atoms with Crippen LogP contribution >= 0.6 is 43.5 Å². The van der Waals surface area contributed by atoms with Gasteiger partial charge in [-0.15, -0.1) is 0 Å². The topological polar surface area (TPSA) is 66.0 Å². The van der Waals surface area contributed by atoms with E-state index in [1.54, 1.807) is 18.2 Å². The Morgan fingerprint density at radius 2 is 2.06 bits per heavy atom. The maximum absolute atomic E-state index is 11.4. The number of benzene rings is 1. The summed E-state index contributed by atoms with van der Waals surface area (Å²) in [6.45, 7) is 0. The van der Waals surface area contributed by atoms with Crippen molar-refractivity contribution in [1.29, 1.82) is 0 Å². The second kappa shape index (κ2) is 4.80. The van der Waals surface area contributed by atoms with E-state index < -0.39 is 5.56 Å². The lowest BCUT2D eigenvalue weighted by atomic mass is 10.2. The number of aromatic nitrogens is 2. The zero-order chi connectivity index (χ0) is 12.6. The molecule has 7 heteroatoms. The van der Waals surface area contributed by atoms with Gasteiger partial charge in [0, 0.05) is 10.0 Å². The van der Waals surface area contributed by atoms with E-state index in [2.05, 4.69) is 41.8 Å². The van der Waals surface area contributed by atoms with Crippen molar-refractivity contribution in [2.45, 2.75) is 0 Å². The van der Waals surface area contributed by atoms with Gasteiger partial charge in [-0.3, -0.25) is 4.79 Å². The summed E-state index contributed by atoms with van der Waals surface area (Å²) in [4.78, 5) is 17.9. The molecule has 0 radical (unpaired) electrons. The maximum atomic E-state index is 11.4. The van der Waals surface area contributed by atoms with Crippen LogP contribution in [0.25, 0.3) is 11.4 Å².